The van der Waals surface area contributed by atoms with E-state index in [-0.39, 0.29) is 11.7 Å². The van der Waals surface area contributed by atoms with E-state index >= 15 is 0 Å². The van der Waals surface area contributed by atoms with Crippen molar-refractivity contribution in [2.45, 2.75) is 6.61 Å². The summed E-state index contributed by atoms with van der Waals surface area (Å²) >= 11 is 0. The average molecular weight is 368 g/mol. The van der Waals surface area contributed by atoms with Crippen LogP contribution in [0.3, 0.4) is 0 Å². The van der Waals surface area contributed by atoms with Crippen molar-refractivity contribution in [3.05, 3.63) is 65.7 Å². The molecule has 0 saturated carbocycles. The van der Waals surface area contributed by atoms with Gasteiger partial charge in [0.1, 0.15) is 11.4 Å². The number of hydrogen-bond donors (Lipinski definition) is 0. The summed E-state index contributed by atoms with van der Waals surface area (Å²) in [4.78, 5) is 16.8. The third-order valence-electron chi connectivity index (χ3n) is 4.94. The number of halogens is 1. The van der Waals surface area contributed by atoms with E-state index in [0.717, 1.165) is 10.9 Å². The van der Waals surface area contributed by atoms with Gasteiger partial charge in [-0.3, -0.25) is 4.79 Å². The molecule has 0 N–H and O–H groups in total. The molecule has 5 nitrogen and oxygen atoms in total. The first-order valence-electron chi connectivity index (χ1n) is 8.97. The third-order valence-corrected chi connectivity index (χ3v) is 4.94. The van der Waals surface area contributed by atoms with Gasteiger partial charge in [-0.15, -0.1) is 0 Å². The van der Waals surface area contributed by atoms with Crippen LogP contribution in [-0.2, 0) is 11.3 Å². The van der Waals surface area contributed by atoms with Crippen LogP contribution in [0.25, 0.3) is 11.0 Å². The first-order valence-corrected chi connectivity index (χ1v) is 8.97. The summed E-state index contributed by atoms with van der Waals surface area (Å²) in [6.45, 7) is 2.49. The Kier molecular flexibility index (Phi) is 4.81. The van der Waals surface area contributed by atoms with Gasteiger partial charge in [0.05, 0.1) is 12.3 Å². The maximum atomic E-state index is 14.0. The summed E-state index contributed by atoms with van der Waals surface area (Å²) in [6, 6.07) is 14.3. The van der Waals surface area contributed by atoms with Crippen LogP contribution in [0.5, 0.6) is 0 Å². The molecule has 1 amide bonds. The first kappa shape index (κ1) is 17.5. The molecule has 2 aromatic carbocycles. The molecule has 27 heavy (non-hydrogen) atoms. The number of nitrogens with zero attached hydrogens (tertiary/aromatic N) is 2. The number of ether oxygens (including phenoxy) is 1. The summed E-state index contributed by atoms with van der Waals surface area (Å²) in [6.07, 6.45) is 0. The zero-order chi connectivity index (χ0) is 18.8. The summed E-state index contributed by atoms with van der Waals surface area (Å²) in [5, 5.41) is 0.896. The van der Waals surface area contributed by atoms with Crippen molar-refractivity contribution in [3.8, 4) is 0 Å². The van der Waals surface area contributed by atoms with Gasteiger partial charge in [0.15, 0.2) is 5.76 Å². The molecule has 1 aliphatic heterocycles. The van der Waals surface area contributed by atoms with Gasteiger partial charge < -0.3 is 19.0 Å². The highest BCUT2D eigenvalue weighted by Gasteiger charge is 2.28. The van der Waals surface area contributed by atoms with E-state index in [4.69, 9.17) is 9.15 Å². The second-order valence-corrected chi connectivity index (χ2v) is 6.57. The van der Waals surface area contributed by atoms with E-state index in [1.54, 1.807) is 24.1 Å². The second-order valence-electron chi connectivity index (χ2n) is 6.57. The average Bonchev–Trinajstić information content (AvgIpc) is 3.07. The van der Waals surface area contributed by atoms with Crippen molar-refractivity contribution >= 4 is 22.6 Å². The Balaban J connectivity index is 1.54. The summed E-state index contributed by atoms with van der Waals surface area (Å²) in [7, 11) is 1.60. The van der Waals surface area contributed by atoms with Crippen LogP contribution in [0.15, 0.2) is 52.9 Å². The molecule has 3 aromatic rings. The molecule has 1 saturated heterocycles. The molecule has 0 aliphatic carbocycles. The molecule has 0 radical (unpaired) electrons. The fourth-order valence-corrected chi connectivity index (χ4v) is 3.56. The molecule has 0 atom stereocenters. The van der Waals surface area contributed by atoms with E-state index in [0.29, 0.717) is 49.8 Å². The van der Waals surface area contributed by atoms with E-state index in [1.165, 1.54) is 6.07 Å². The molecule has 4 rings (SSSR count). The Bertz CT molecular complexity index is 961. The number of carbonyl (C=O) groups is 1. The van der Waals surface area contributed by atoms with Gasteiger partial charge >= 0.3 is 0 Å². The minimum Gasteiger partial charge on any atom is -0.451 e. The largest absolute Gasteiger partial charge is 0.451 e. The molecule has 0 bridgehead atoms. The number of piperazine rings is 1. The van der Waals surface area contributed by atoms with E-state index in [1.807, 2.05) is 35.2 Å². The summed E-state index contributed by atoms with van der Waals surface area (Å²) < 4.78 is 25.1. The van der Waals surface area contributed by atoms with Crippen molar-refractivity contribution in [1.29, 1.82) is 0 Å². The van der Waals surface area contributed by atoms with E-state index in [9.17, 15) is 9.18 Å². The first-order chi connectivity index (χ1) is 13.2. The number of methoxy groups -OCH3 is 1. The molecular weight excluding hydrogens is 347 g/mol. The molecule has 2 heterocycles. The molecule has 1 fully saturated rings. The Labute approximate surface area is 156 Å². The number of hydrogen-bond acceptors (Lipinski definition) is 4. The minimum absolute atomic E-state index is 0.147. The normalized spacial score (nSPS) is 14.7. The Morgan fingerprint density at radius 1 is 1.07 bits per heavy atom. The predicted octanol–water partition coefficient (Wildman–Crippen LogP) is 3.68. The lowest BCUT2D eigenvalue weighted by atomic mass is 10.1. The Morgan fingerprint density at radius 3 is 2.52 bits per heavy atom. The lowest BCUT2D eigenvalue weighted by Gasteiger charge is -2.36. The highest BCUT2D eigenvalue weighted by Crippen LogP contribution is 2.28. The molecular formula is C21H21FN2O3. The zero-order valence-corrected chi connectivity index (χ0v) is 15.2. The number of benzene rings is 2. The van der Waals surface area contributed by atoms with Crippen molar-refractivity contribution in [3.63, 3.8) is 0 Å². The number of fused-ring (bicyclic) bond motifs is 1. The van der Waals surface area contributed by atoms with Crippen LogP contribution < -0.4 is 4.90 Å². The Hall–Kier alpha value is -2.86. The van der Waals surface area contributed by atoms with Gasteiger partial charge in [0.25, 0.3) is 5.91 Å². The van der Waals surface area contributed by atoms with Crippen molar-refractivity contribution in [2.75, 3.05) is 38.2 Å². The number of anilines is 1. The molecule has 0 spiro atoms. The summed E-state index contributed by atoms with van der Waals surface area (Å²) in [5.41, 5.74) is 2.03. The lowest BCUT2D eigenvalue weighted by molar-refractivity contribution is 0.0710. The monoisotopic (exact) mass is 368 g/mol. The molecule has 140 valence electrons. The zero-order valence-electron chi connectivity index (χ0n) is 15.2. The van der Waals surface area contributed by atoms with E-state index in [2.05, 4.69) is 0 Å². The van der Waals surface area contributed by atoms with Crippen molar-refractivity contribution < 1.29 is 18.3 Å². The van der Waals surface area contributed by atoms with Crippen LogP contribution in [0.1, 0.15) is 16.1 Å². The van der Waals surface area contributed by atoms with Gasteiger partial charge in [-0.2, -0.15) is 0 Å². The number of amides is 1. The number of rotatable bonds is 4. The molecule has 1 aromatic heterocycles. The molecule has 1 aliphatic rings. The third kappa shape index (κ3) is 3.28. The maximum absolute atomic E-state index is 14.0. The SMILES string of the molecule is COCc1c(C(=O)N2CCN(c3ccccc3F)CC2)oc2ccccc12. The van der Waals surface area contributed by atoms with E-state index < -0.39 is 0 Å². The number of para-hydroxylation sites is 2. The van der Waals surface area contributed by atoms with Gasteiger partial charge in [-0.1, -0.05) is 30.3 Å². The van der Waals surface area contributed by atoms with Crippen LogP contribution >= 0.6 is 0 Å². The lowest BCUT2D eigenvalue weighted by Crippen LogP contribution is -2.49. The predicted molar refractivity (Wildman–Crippen MR) is 101 cm³/mol. The van der Waals surface area contributed by atoms with Gasteiger partial charge in [-0.25, -0.2) is 4.39 Å². The topological polar surface area (TPSA) is 45.9 Å². The number of furan rings is 1. The van der Waals surface area contributed by atoms with Crippen molar-refractivity contribution in [1.82, 2.24) is 4.90 Å². The van der Waals surface area contributed by atoms with Crippen LogP contribution in [-0.4, -0.2) is 44.1 Å². The summed E-state index contributed by atoms with van der Waals surface area (Å²) in [5.74, 6) is -0.0548. The van der Waals surface area contributed by atoms with Crippen LogP contribution in [0, 0.1) is 5.82 Å². The minimum atomic E-state index is -0.239. The van der Waals surface area contributed by atoms with Crippen LogP contribution in [0.2, 0.25) is 0 Å². The van der Waals surface area contributed by atoms with Gasteiger partial charge in [0, 0.05) is 44.2 Å². The molecule has 6 heteroatoms. The highest BCUT2D eigenvalue weighted by molar-refractivity contribution is 5.99. The van der Waals surface area contributed by atoms with Crippen molar-refractivity contribution in [2.24, 2.45) is 0 Å². The highest BCUT2D eigenvalue weighted by atomic mass is 19.1. The maximum Gasteiger partial charge on any atom is 0.290 e. The van der Waals surface area contributed by atoms with Gasteiger partial charge in [0.2, 0.25) is 0 Å². The second kappa shape index (κ2) is 7.40. The fourth-order valence-electron chi connectivity index (χ4n) is 3.56. The standard InChI is InChI=1S/C21H21FN2O3/c1-26-14-16-15-6-2-5-9-19(15)27-20(16)21(25)24-12-10-23(11-13-24)18-8-4-3-7-17(18)22/h2-9H,10-14H2,1H3. The number of carbonyl (C=O) groups excluding carboxylic acids is 1. The molecule has 0 unspecified atom stereocenters. The quantitative estimate of drug-likeness (QED) is 0.705. The van der Waals surface area contributed by atoms with Gasteiger partial charge in [-0.05, 0) is 18.2 Å². The smallest absolute Gasteiger partial charge is 0.290 e. The fraction of sp³-hybridized carbons (Fsp3) is 0.286. The van der Waals surface area contributed by atoms with Crippen LogP contribution in [0.4, 0.5) is 10.1 Å². The Morgan fingerprint density at radius 2 is 1.78 bits per heavy atom.